The Hall–Kier alpha value is -1.62. The molecule has 1 fully saturated rings. The van der Waals surface area contributed by atoms with Gasteiger partial charge in [-0.15, -0.1) is 0 Å². The van der Waals surface area contributed by atoms with E-state index in [9.17, 15) is 10.1 Å². The first kappa shape index (κ1) is 13.8. The van der Waals surface area contributed by atoms with E-state index in [-0.39, 0.29) is 10.6 Å². The van der Waals surface area contributed by atoms with Crippen molar-refractivity contribution in [3.63, 3.8) is 0 Å². The van der Waals surface area contributed by atoms with Gasteiger partial charge in [0.2, 0.25) is 0 Å². The standard InChI is InChI=1S/C14H21N3O2/c1-10-6-7-16(9-12(10)8-15)13-4-3-5-14(11(13)2)17(18)19/h3-5,10,12H,6-9,15H2,1-2H3. The summed E-state index contributed by atoms with van der Waals surface area (Å²) in [5.41, 5.74) is 7.73. The summed E-state index contributed by atoms with van der Waals surface area (Å²) in [6.07, 6.45) is 1.09. The molecule has 2 atom stereocenters. The molecule has 1 aliphatic heterocycles. The maximum absolute atomic E-state index is 11.0. The van der Waals surface area contributed by atoms with Crippen molar-refractivity contribution in [2.45, 2.75) is 20.3 Å². The van der Waals surface area contributed by atoms with E-state index in [4.69, 9.17) is 5.73 Å². The molecule has 2 unspecified atom stereocenters. The Morgan fingerprint density at radius 3 is 2.89 bits per heavy atom. The van der Waals surface area contributed by atoms with Crippen LogP contribution >= 0.6 is 0 Å². The van der Waals surface area contributed by atoms with Gasteiger partial charge in [0.25, 0.3) is 5.69 Å². The molecule has 1 aromatic carbocycles. The van der Waals surface area contributed by atoms with Crippen molar-refractivity contribution in [3.05, 3.63) is 33.9 Å². The van der Waals surface area contributed by atoms with Crippen molar-refractivity contribution in [2.75, 3.05) is 24.5 Å². The van der Waals surface area contributed by atoms with Crippen LogP contribution in [0.15, 0.2) is 18.2 Å². The fourth-order valence-electron chi connectivity index (χ4n) is 2.83. The van der Waals surface area contributed by atoms with Gasteiger partial charge in [-0.05, 0) is 37.8 Å². The van der Waals surface area contributed by atoms with Crippen LogP contribution in [-0.4, -0.2) is 24.6 Å². The summed E-state index contributed by atoms with van der Waals surface area (Å²) in [5.74, 6) is 1.09. The minimum Gasteiger partial charge on any atom is -0.371 e. The minimum atomic E-state index is -0.314. The maximum atomic E-state index is 11.0. The average Bonchev–Trinajstić information content (AvgIpc) is 2.39. The fraction of sp³-hybridized carbons (Fsp3) is 0.571. The van der Waals surface area contributed by atoms with Crippen molar-refractivity contribution in [1.82, 2.24) is 0 Å². The first-order valence-electron chi connectivity index (χ1n) is 6.73. The molecule has 19 heavy (non-hydrogen) atoms. The second-order valence-corrected chi connectivity index (χ2v) is 5.39. The lowest BCUT2D eigenvalue weighted by molar-refractivity contribution is -0.385. The number of nitrogens with zero attached hydrogens (tertiary/aromatic N) is 2. The quantitative estimate of drug-likeness (QED) is 0.671. The lowest BCUT2D eigenvalue weighted by atomic mass is 9.86. The van der Waals surface area contributed by atoms with Gasteiger partial charge in [0, 0.05) is 24.8 Å². The predicted octanol–water partition coefficient (Wildman–Crippen LogP) is 2.32. The largest absolute Gasteiger partial charge is 0.371 e. The molecule has 0 aromatic heterocycles. The normalized spacial score (nSPS) is 23.4. The molecule has 104 valence electrons. The van der Waals surface area contributed by atoms with Crippen LogP contribution < -0.4 is 10.6 Å². The summed E-state index contributed by atoms with van der Waals surface area (Å²) in [5, 5.41) is 11.0. The second-order valence-electron chi connectivity index (χ2n) is 5.39. The van der Waals surface area contributed by atoms with E-state index in [2.05, 4.69) is 11.8 Å². The Labute approximate surface area is 113 Å². The van der Waals surface area contributed by atoms with Crippen LogP contribution in [0.4, 0.5) is 11.4 Å². The number of anilines is 1. The monoisotopic (exact) mass is 263 g/mol. The van der Waals surface area contributed by atoms with Gasteiger partial charge >= 0.3 is 0 Å². The van der Waals surface area contributed by atoms with Crippen molar-refractivity contribution in [3.8, 4) is 0 Å². The Kier molecular flexibility index (Phi) is 4.04. The lowest BCUT2D eigenvalue weighted by Gasteiger charge is -2.38. The number of benzene rings is 1. The summed E-state index contributed by atoms with van der Waals surface area (Å²) in [6.45, 7) is 6.56. The van der Waals surface area contributed by atoms with Crippen molar-refractivity contribution in [2.24, 2.45) is 17.6 Å². The zero-order chi connectivity index (χ0) is 14.0. The highest BCUT2D eigenvalue weighted by molar-refractivity contribution is 5.61. The van der Waals surface area contributed by atoms with Crippen molar-refractivity contribution in [1.29, 1.82) is 0 Å². The van der Waals surface area contributed by atoms with Crippen LogP contribution in [0.1, 0.15) is 18.9 Å². The van der Waals surface area contributed by atoms with Gasteiger partial charge in [0.1, 0.15) is 0 Å². The molecular formula is C14H21N3O2. The smallest absolute Gasteiger partial charge is 0.274 e. The molecule has 0 bridgehead atoms. The molecule has 0 spiro atoms. The molecule has 0 saturated carbocycles. The number of hydrogen-bond donors (Lipinski definition) is 1. The van der Waals surface area contributed by atoms with Gasteiger partial charge in [-0.2, -0.15) is 0 Å². The topological polar surface area (TPSA) is 72.4 Å². The third-order valence-electron chi connectivity index (χ3n) is 4.23. The van der Waals surface area contributed by atoms with Gasteiger partial charge < -0.3 is 10.6 Å². The maximum Gasteiger partial charge on any atom is 0.274 e. The molecule has 0 amide bonds. The van der Waals surface area contributed by atoms with Crippen molar-refractivity contribution >= 4 is 11.4 Å². The first-order chi connectivity index (χ1) is 9.04. The Morgan fingerprint density at radius 1 is 1.53 bits per heavy atom. The fourth-order valence-corrected chi connectivity index (χ4v) is 2.83. The summed E-state index contributed by atoms with van der Waals surface area (Å²) < 4.78 is 0. The van der Waals surface area contributed by atoms with Crippen LogP contribution in [0.5, 0.6) is 0 Å². The first-order valence-corrected chi connectivity index (χ1v) is 6.73. The average molecular weight is 263 g/mol. The third kappa shape index (κ3) is 2.71. The summed E-state index contributed by atoms with van der Waals surface area (Å²) in [7, 11) is 0. The van der Waals surface area contributed by atoms with Crippen LogP contribution in [0, 0.1) is 28.9 Å². The van der Waals surface area contributed by atoms with E-state index >= 15 is 0 Å². The summed E-state index contributed by atoms with van der Waals surface area (Å²) in [6, 6.07) is 5.29. The third-order valence-corrected chi connectivity index (χ3v) is 4.23. The van der Waals surface area contributed by atoms with E-state index in [1.54, 1.807) is 12.1 Å². The molecular weight excluding hydrogens is 242 g/mol. The van der Waals surface area contributed by atoms with Crippen LogP contribution in [0.25, 0.3) is 0 Å². The van der Waals surface area contributed by atoms with Crippen molar-refractivity contribution < 1.29 is 4.92 Å². The second kappa shape index (κ2) is 5.57. The van der Waals surface area contributed by atoms with E-state index in [1.807, 2.05) is 13.0 Å². The van der Waals surface area contributed by atoms with Gasteiger partial charge in [-0.3, -0.25) is 10.1 Å². The SMILES string of the molecule is Cc1c(N2CCC(C)C(CN)C2)cccc1[N+](=O)[O-]. The van der Waals surface area contributed by atoms with Crippen LogP contribution in [0.2, 0.25) is 0 Å². The number of rotatable bonds is 3. The molecule has 1 heterocycles. The Balaban J connectivity index is 2.27. The zero-order valence-corrected chi connectivity index (χ0v) is 11.5. The number of piperidine rings is 1. The molecule has 1 saturated heterocycles. The molecule has 5 nitrogen and oxygen atoms in total. The van der Waals surface area contributed by atoms with Gasteiger partial charge in [-0.25, -0.2) is 0 Å². The highest BCUT2D eigenvalue weighted by Crippen LogP contribution is 2.32. The molecule has 5 heteroatoms. The van der Waals surface area contributed by atoms with Gasteiger partial charge in [0.05, 0.1) is 10.5 Å². The summed E-state index contributed by atoms with van der Waals surface area (Å²) >= 11 is 0. The number of nitrogens with two attached hydrogens (primary N) is 1. The molecule has 1 aromatic rings. The minimum absolute atomic E-state index is 0.195. The highest BCUT2D eigenvalue weighted by atomic mass is 16.6. The lowest BCUT2D eigenvalue weighted by Crippen LogP contribution is -2.43. The number of hydrogen-bond acceptors (Lipinski definition) is 4. The van der Waals surface area contributed by atoms with Crippen LogP contribution in [-0.2, 0) is 0 Å². The zero-order valence-electron chi connectivity index (χ0n) is 11.5. The predicted molar refractivity (Wildman–Crippen MR) is 76.4 cm³/mol. The molecule has 1 aliphatic rings. The molecule has 0 radical (unpaired) electrons. The van der Waals surface area contributed by atoms with E-state index < -0.39 is 0 Å². The molecule has 2 rings (SSSR count). The Morgan fingerprint density at radius 2 is 2.26 bits per heavy atom. The van der Waals surface area contributed by atoms with E-state index in [1.165, 1.54) is 0 Å². The van der Waals surface area contributed by atoms with Gasteiger partial charge in [-0.1, -0.05) is 13.0 Å². The highest BCUT2D eigenvalue weighted by Gasteiger charge is 2.27. The summed E-state index contributed by atoms with van der Waals surface area (Å²) in [4.78, 5) is 12.9. The Bertz CT molecular complexity index is 476. The molecule has 2 N–H and O–H groups in total. The van der Waals surface area contributed by atoms with Crippen LogP contribution in [0.3, 0.4) is 0 Å². The number of nitro groups is 1. The van der Waals surface area contributed by atoms with E-state index in [0.29, 0.717) is 18.4 Å². The molecule has 0 aliphatic carbocycles. The van der Waals surface area contributed by atoms with Gasteiger partial charge in [0.15, 0.2) is 0 Å². The van der Waals surface area contributed by atoms with E-state index in [0.717, 1.165) is 30.8 Å². The number of nitro benzene ring substituents is 1.